The van der Waals surface area contributed by atoms with Gasteiger partial charge in [-0.25, -0.2) is 4.79 Å². The number of halogens is 1. The molecule has 23 heavy (non-hydrogen) atoms. The number of benzene rings is 1. The average Bonchev–Trinajstić information content (AvgIpc) is 3.22. The Balaban J connectivity index is 0.00000192. The summed E-state index contributed by atoms with van der Waals surface area (Å²) in [7, 11) is 1.35. The second-order valence-corrected chi connectivity index (χ2v) is 6.38. The molecule has 6 heteroatoms. The largest absolute Gasteiger partial charge is 0.465 e. The van der Waals surface area contributed by atoms with Crippen molar-refractivity contribution < 1.29 is 14.3 Å². The van der Waals surface area contributed by atoms with E-state index >= 15 is 0 Å². The number of ether oxygens (including phenoxy) is 1. The second kappa shape index (κ2) is 6.89. The van der Waals surface area contributed by atoms with Crippen molar-refractivity contribution >= 4 is 30.0 Å². The lowest BCUT2D eigenvalue weighted by molar-refractivity contribution is -0.118. The Kier molecular flexibility index (Phi) is 5.32. The molecule has 1 amide bonds. The van der Waals surface area contributed by atoms with Gasteiger partial charge in [0, 0.05) is 11.6 Å². The van der Waals surface area contributed by atoms with Crippen molar-refractivity contribution in [1.82, 2.24) is 5.32 Å². The highest BCUT2D eigenvalue weighted by Gasteiger charge is 2.57. The highest BCUT2D eigenvalue weighted by atomic mass is 35.5. The monoisotopic (exact) mass is 338 g/mol. The van der Waals surface area contributed by atoms with Crippen LogP contribution in [-0.2, 0) is 9.53 Å². The maximum Gasteiger partial charge on any atom is 0.337 e. The van der Waals surface area contributed by atoms with Crippen molar-refractivity contribution in [2.24, 2.45) is 11.3 Å². The number of methoxy groups -OCH3 is 1. The van der Waals surface area contributed by atoms with E-state index in [1.807, 2.05) is 13.0 Å². The molecule has 1 aliphatic carbocycles. The number of aryl methyl sites for hydroxylation is 1. The molecule has 1 saturated carbocycles. The maximum absolute atomic E-state index is 12.5. The third-order valence-electron chi connectivity index (χ3n) is 5.02. The summed E-state index contributed by atoms with van der Waals surface area (Å²) in [5.74, 6) is -0.209. The summed E-state index contributed by atoms with van der Waals surface area (Å²) >= 11 is 0. The van der Waals surface area contributed by atoms with E-state index in [4.69, 9.17) is 4.74 Å². The summed E-state index contributed by atoms with van der Waals surface area (Å²) in [5, 5.41) is 6.34. The molecule has 1 aliphatic heterocycles. The van der Waals surface area contributed by atoms with Crippen LogP contribution in [0.15, 0.2) is 18.2 Å². The topological polar surface area (TPSA) is 67.4 Å². The number of hydrogen-bond acceptors (Lipinski definition) is 4. The van der Waals surface area contributed by atoms with Crippen molar-refractivity contribution in [2.75, 3.05) is 25.5 Å². The first-order chi connectivity index (χ1) is 10.6. The molecule has 2 N–H and O–H groups in total. The van der Waals surface area contributed by atoms with Gasteiger partial charge < -0.3 is 15.4 Å². The Bertz CT molecular complexity index is 612. The van der Waals surface area contributed by atoms with Crippen LogP contribution in [0.2, 0.25) is 0 Å². The highest BCUT2D eigenvalue weighted by molar-refractivity contribution is 5.97. The van der Waals surface area contributed by atoms with Crippen molar-refractivity contribution in [3.05, 3.63) is 29.3 Å². The summed E-state index contributed by atoms with van der Waals surface area (Å²) in [4.78, 5) is 24.1. The molecule has 1 saturated heterocycles. The molecule has 1 spiro atoms. The van der Waals surface area contributed by atoms with Gasteiger partial charge in [-0.1, -0.05) is 6.07 Å². The molecule has 1 heterocycles. The number of rotatable bonds is 3. The van der Waals surface area contributed by atoms with Gasteiger partial charge in [-0.05, 0) is 62.4 Å². The summed E-state index contributed by atoms with van der Waals surface area (Å²) < 4.78 is 4.73. The standard InChI is InChI=1S/C17H22N2O3.ClH/c1-11-3-4-12(16(21)22-2)9-14(11)19-15(20)13-10-17(13)5-7-18-8-6-17;/h3-4,9,13,18H,5-8,10H2,1-2H3,(H,19,20);1H. The fraction of sp³-hybridized carbons (Fsp3) is 0.529. The summed E-state index contributed by atoms with van der Waals surface area (Å²) in [6, 6.07) is 5.23. The van der Waals surface area contributed by atoms with Gasteiger partial charge in [0.15, 0.2) is 0 Å². The average molecular weight is 339 g/mol. The minimum Gasteiger partial charge on any atom is -0.465 e. The van der Waals surface area contributed by atoms with E-state index in [2.05, 4.69) is 10.6 Å². The lowest BCUT2D eigenvalue weighted by Crippen LogP contribution is -2.31. The first-order valence-electron chi connectivity index (χ1n) is 7.76. The summed E-state index contributed by atoms with van der Waals surface area (Å²) in [5.41, 5.74) is 2.31. The lowest BCUT2D eigenvalue weighted by Gasteiger charge is -2.23. The number of esters is 1. The number of carbonyl (C=O) groups is 2. The maximum atomic E-state index is 12.5. The van der Waals surface area contributed by atoms with Crippen LogP contribution in [0, 0.1) is 18.3 Å². The quantitative estimate of drug-likeness (QED) is 0.831. The zero-order chi connectivity index (χ0) is 15.7. The molecule has 0 bridgehead atoms. The van der Waals surface area contributed by atoms with Crippen molar-refractivity contribution in [1.29, 1.82) is 0 Å². The molecular formula is C17H23ClN2O3. The van der Waals surface area contributed by atoms with Crippen LogP contribution in [-0.4, -0.2) is 32.1 Å². The molecule has 3 rings (SSSR count). The van der Waals surface area contributed by atoms with Crippen LogP contribution in [0.4, 0.5) is 5.69 Å². The molecule has 5 nitrogen and oxygen atoms in total. The zero-order valence-electron chi connectivity index (χ0n) is 13.5. The third kappa shape index (κ3) is 3.51. The minimum absolute atomic E-state index is 0. The van der Waals surface area contributed by atoms with Gasteiger partial charge in [-0.3, -0.25) is 4.79 Å². The Morgan fingerprint density at radius 1 is 1.30 bits per heavy atom. The Morgan fingerprint density at radius 2 is 2.00 bits per heavy atom. The van der Waals surface area contributed by atoms with Gasteiger partial charge >= 0.3 is 5.97 Å². The SMILES string of the molecule is COC(=O)c1ccc(C)c(NC(=O)C2CC23CCNCC3)c1.Cl. The van der Waals surface area contributed by atoms with E-state index in [0.29, 0.717) is 11.3 Å². The van der Waals surface area contributed by atoms with Crippen LogP contribution < -0.4 is 10.6 Å². The smallest absolute Gasteiger partial charge is 0.337 e. The Morgan fingerprint density at radius 3 is 2.65 bits per heavy atom. The molecule has 0 aromatic heterocycles. The van der Waals surface area contributed by atoms with E-state index in [0.717, 1.165) is 37.9 Å². The highest BCUT2D eigenvalue weighted by Crippen LogP contribution is 2.58. The van der Waals surface area contributed by atoms with E-state index in [1.165, 1.54) is 7.11 Å². The van der Waals surface area contributed by atoms with Crippen molar-refractivity contribution in [2.45, 2.75) is 26.2 Å². The molecule has 0 radical (unpaired) electrons. The normalized spacial score (nSPS) is 21.2. The molecule has 1 atom stereocenters. The first-order valence-corrected chi connectivity index (χ1v) is 7.76. The Labute approximate surface area is 142 Å². The van der Waals surface area contributed by atoms with Gasteiger partial charge in [0.25, 0.3) is 0 Å². The summed E-state index contributed by atoms with van der Waals surface area (Å²) in [6.45, 7) is 3.92. The van der Waals surface area contributed by atoms with Crippen LogP contribution in [0.1, 0.15) is 35.2 Å². The Hall–Kier alpha value is -1.59. The van der Waals surface area contributed by atoms with Gasteiger partial charge in [0.1, 0.15) is 0 Å². The minimum atomic E-state index is -0.392. The number of carbonyl (C=O) groups excluding carboxylic acids is 2. The fourth-order valence-electron chi connectivity index (χ4n) is 3.42. The van der Waals surface area contributed by atoms with Crippen molar-refractivity contribution in [3.8, 4) is 0 Å². The predicted molar refractivity (Wildman–Crippen MR) is 91.0 cm³/mol. The van der Waals surface area contributed by atoms with Gasteiger partial charge in [-0.15, -0.1) is 12.4 Å². The molecule has 1 aromatic carbocycles. The van der Waals surface area contributed by atoms with Gasteiger partial charge in [0.2, 0.25) is 5.91 Å². The third-order valence-corrected chi connectivity index (χ3v) is 5.02. The van der Waals surface area contributed by atoms with Gasteiger partial charge in [0.05, 0.1) is 12.7 Å². The molecular weight excluding hydrogens is 316 g/mol. The lowest BCUT2D eigenvalue weighted by atomic mass is 9.91. The van der Waals surface area contributed by atoms with Crippen LogP contribution in [0.5, 0.6) is 0 Å². The molecule has 126 valence electrons. The first kappa shape index (κ1) is 17.8. The molecule has 1 unspecified atom stereocenters. The van der Waals surface area contributed by atoms with Crippen LogP contribution in [0.25, 0.3) is 0 Å². The number of amides is 1. The number of anilines is 1. The summed E-state index contributed by atoms with van der Waals surface area (Å²) in [6.07, 6.45) is 3.13. The van der Waals surface area contributed by atoms with Crippen LogP contribution in [0.3, 0.4) is 0 Å². The van der Waals surface area contributed by atoms with E-state index in [9.17, 15) is 9.59 Å². The molecule has 1 aromatic rings. The van der Waals surface area contributed by atoms with E-state index in [1.54, 1.807) is 12.1 Å². The fourth-order valence-corrected chi connectivity index (χ4v) is 3.42. The number of hydrogen-bond donors (Lipinski definition) is 2. The second-order valence-electron chi connectivity index (χ2n) is 6.38. The number of nitrogens with one attached hydrogen (secondary N) is 2. The predicted octanol–water partition coefficient (Wildman–Crippen LogP) is 2.53. The van der Waals surface area contributed by atoms with E-state index in [-0.39, 0.29) is 29.6 Å². The van der Waals surface area contributed by atoms with Gasteiger partial charge in [-0.2, -0.15) is 0 Å². The molecule has 2 aliphatic rings. The zero-order valence-corrected chi connectivity index (χ0v) is 14.3. The number of piperidine rings is 1. The molecule has 2 fully saturated rings. The van der Waals surface area contributed by atoms with Crippen molar-refractivity contribution in [3.63, 3.8) is 0 Å². The van der Waals surface area contributed by atoms with E-state index < -0.39 is 5.97 Å². The van der Waals surface area contributed by atoms with Crippen LogP contribution >= 0.6 is 12.4 Å².